The Bertz CT molecular complexity index is 967. The molecule has 0 radical (unpaired) electrons. The largest absolute Gasteiger partial charge is 0.470 e. The molecule has 1 saturated heterocycles. The number of hydrogen-bond acceptors (Lipinski definition) is 6. The summed E-state index contributed by atoms with van der Waals surface area (Å²) in [6, 6.07) is 7.90. The highest BCUT2D eigenvalue weighted by molar-refractivity contribution is 5.77. The molecule has 0 saturated carbocycles. The minimum atomic E-state index is -0.0637. The molecular formula is C22H28N6O2. The first-order valence-electron chi connectivity index (χ1n) is 10.6. The van der Waals surface area contributed by atoms with Crippen molar-refractivity contribution >= 4 is 22.8 Å². The van der Waals surface area contributed by atoms with Gasteiger partial charge in [-0.25, -0.2) is 15.0 Å². The van der Waals surface area contributed by atoms with E-state index in [2.05, 4.69) is 38.7 Å². The Labute approximate surface area is 176 Å². The lowest BCUT2D eigenvalue weighted by Crippen LogP contribution is -2.31. The molecule has 30 heavy (non-hydrogen) atoms. The summed E-state index contributed by atoms with van der Waals surface area (Å²) in [5.41, 5.74) is 1.94. The smallest absolute Gasteiger partial charge is 0.257 e. The number of likely N-dealkylation sites (tertiary alicyclic amines) is 1. The maximum atomic E-state index is 12.7. The van der Waals surface area contributed by atoms with Crippen LogP contribution in [0.3, 0.4) is 0 Å². The minimum absolute atomic E-state index is 0.0637. The van der Waals surface area contributed by atoms with Gasteiger partial charge in [-0.05, 0) is 26.0 Å². The Kier molecular flexibility index (Phi) is 6.11. The fourth-order valence-corrected chi connectivity index (χ4v) is 3.86. The number of para-hydroxylation sites is 2. The van der Waals surface area contributed by atoms with Crippen LogP contribution in [-0.4, -0.2) is 63.0 Å². The maximum absolute atomic E-state index is 12.7. The molecule has 1 aliphatic heterocycles. The zero-order valence-corrected chi connectivity index (χ0v) is 17.5. The highest BCUT2D eigenvalue weighted by Crippen LogP contribution is 2.26. The number of imidazole rings is 1. The second-order valence-electron chi connectivity index (χ2n) is 7.43. The molecule has 3 heterocycles. The van der Waals surface area contributed by atoms with E-state index in [0.717, 1.165) is 42.2 Å². The van der Waals surface area contributed by atoms with Gasteiger partial charge in [0, 0.05) is 51.3 Å². The topological polar surface area (TPSA) is 87.2 Å². The van der Waals surface area contributed by atoms with E-state index in [0.29, 0.717) is 31.8 Å². The minimum Gasteiger partial charge on any atom is -0.470 e. The molecule has 2 aromatic heterocycles. The van der Waals surface area contributed by atoms with Gasteiger partial charge in [0.15, 0.2) is 5.82 Å². The predicted octanol–water partition coefficient (Wildman–Crippen LogP) is 2.81. The quantitative estimate of drug-likeness (QED) is 0.617. The number of benzene rings is 1. The van der Waals surface area contributed by atoms with Crippen molar-refractivity contribution in [2.24, 2.45) is 0 Å². The molecule has 8 heteroatoms. The van der Waals surface area contributed by atoms with Crippen LogP contribution in [0.25, 0.3) is 11.0 Å². The number of aromatic nitrogens is 4. The zero-order valence-electron chi connectivity index (χ0n) is 17.5. The Morgan fingerprint density at radius 1 is 1.23 bits per heavy atom. The molecule has 8 nitrogen and oxygen atoms in total. The molecule has 0 spiro atoms. The van der Waals surface area contributed by atoms with Crippen molar-refractivity contribution in [2.75, 3.05) is 31.1 Å². The second kappa shape index (κ2) is 9.11. The van der Waals surface area contributed by atoms with E-state index in [9.17, 15) is 4.79 Å². The van der Waals surface area contributed by atoms with Crippen molar-refractivity contribution in [3.63, 3.8) is 0 Å². The average Bonchev–Trinajstić information content (AvgIpc) is 3.41. The van der Waals surface area contributed by atoms with E-state index < -0.39 is 0 Å². The first kappa shape index (κ1) is 20.1. The van der Waals surface area contributed by atoms with Crippen molar-refractivity contribution in [3.8, 4) is 5.88 Å². The molecule has 1 unspecified atom stereocenters. The highest BCUT2D eigenvalue weighted by Gasteiger charge is 2.29. The van der Waals surface area contributed by atoms with E-state index in [1.54, 1.807) is 12.4 Å². The zero-order chi connectivity index (χ0) is 20.9. The normalized spacial score (nSPS) is 16.2. The number of hydrogen-bond donors (Lipinski definition) is 1. The SMILES string of the molecule is CCN(CC)c1nccnc1OC1CCN(C(=O)CCc2nc3ccccc3[nH]2)C1. The molecule has 1 aromatic carbocycles. The van der Waals surface area contributed by atoms with Crippen LogP contribution in [0.5, 0.6) is 5.88 Å². The van der Waals surface area contributed by atoms with Crippen LogP contribution < -0.4 is 9.64 Å². The molecule has 1 atom stereocenters. The number of aryl methyl sites for hydroxylation is 1. The number of fused-ring (bicyclic) bond motifs is 1. The van der Waals surface area contributed by atoms with Gasteiger partial charge >= 0.3 is 0 Å². The second-order valence-corrected chi connectivity index (χ2v) is 7.43. The van der Waals surface area contributed by atoms with Gasteiger partial charge in [0.2, 0.25) is 5.91 Å². The van der Waals surface area contributed by atoms with E-state index in [1.165, 1.54) is 0 Å². The van der Waals surface area contributed by atoms with Crippen molar-refractivity contribution in [3.05, 3.63) is 42.5 Å². The summed E-state index contributed by atoms with van der Waals surface area (Å²) in [6.07, 6.45) is 5.10. The summed E-state index contributed by atoms with van der Waals surface area (Å²) >= 11 is 0. The molecule has 1 N–H and O–H groups in total. The number of H-pyrrole nitrogens is 1. The summed E-state index contributed by atoms with van der Waals surface area (Å²) < 4.78 is 6.15. The van der Waals surface area contributed by atoms with Gasteiger partial charge in [-0.2, -0.15) is 0 Å². The van der Waals surface area contributed by atoms with Crippen molar-refractivity contribution in [1.82, 2.24) is 24.8 Å². The number of rotatable bonds is 8. The lowest BCUT2D eigenvalue weighted by Gasteiger charge is -2.23. The third kappa shape index (κ3) is 4.37. The first-order chi connectivity index (χ1) is 14.7. The Morgan fingerprint density at radius 2 is 2.03 bits per heavy atom. The van der Waals surface area contributed by atoms with Crippen molar-refractivity contribution in [2.45, 2.75) is 39.2 Å². The van der Waals surface area contributed by atoms with E-state index in [1.807, 2.05) is 29.2 Å². The van der Waals surface area contributed by atoms with Gasteiger partial charge in [-0.15, -0.1) is 0 Å². The van der Waals surface area contributed by atoms with Crippen LogP contribution in [0.2, 0.25) is 0 Å². The third-order valence-corrected chi connectivity index (χ3v) is 5.50. The van der Waals surface area contributed by atoms with Crippen LogP contribution in [0.4, 0.5) is 5.82 Å². The predicted molar refractivity (Wildman–Crippen MR) is 116 cm³/mol. The number of ether oxygens (including phenoxy) is 1. The van der Waals surface area contributed by atoms with Gasteiger partial charge < -0.3 is 19.5 Å². The van der Waals surface area contributed by atoms with Crippen molar-refractivity contribution < 1.29 is 9.53 Å². The lowest BCUT2D eigenvalue weighted by atomic mass is 10.2. The molecule has 1 fully saturated rings. The maximum Gasteiger partial charge on any atom is 0.257 e. The first-order valence-corrected chi connectivity index (χ1v) is 10.6. The summed E-state index contributed by atoms with van der Waals surface area (Å²) in [4.78, 5) is 33.4. The van der Waals surface area contributed by atoms with Crippen molar-refractivity contribution in [1.29, 1.82) is 0 Å². The average molecular weight is 409 g/mol. The summed E-state index contributed by atoms with van der Waals surface area (Å²) in [6.45, 7) is 7.11. The van der Waals surface area contributed by atoms with E-state index in [4.69, 9.17) is 4.74 Å². The molecule has 0 aliphatic carbocycles. The Morgan fingerprint density at radius 3 is 2.83 bits per heavy atom. The molecule has 0 bridgehead atoms. The lowest BCUT2D eigenvalue weighted by molar-refractivity contribution is -0.130. The fraction of sp³-hybridized carbons (Fsp3) is 0.455. The highest BCUT2D eigenvalue weighted by atomic mass is 16.5. The standard InChI is InChI=1S/C22H28N6O2/c1-3-27(4-2)21-22(24-13-12-23-21)30-16-11-14-28(15-16)20(29)10-9-19-25-17-7-5-6-8-18(17)26-19/h5-8,12-13,16H,3-4,9-11,14-15H2,1-2H3,(H,25,26). The van der Waals surface area contributed by atoms with Gasteiger partial charge in [-0.1, -0.05) is 12.1 Å². The Hall–Kier alpha value is -3.16. The molecule has 3 aromatic rings. The number of nitrogens with zero attached hydrogens (tertiary/aromatic N) is 5. The molecule has 4 rings (SSSR count). The van der Waals surface area contributed by atoms with Gasteiger partial charge in [0.1, 0.15) is 11.9 Å². The third-order valence-electron chi connectivity index (χ3n) is 5.50. The fourth-order valence-electron chi connectivity index (χ4n) is 3.86. The summed E-state index contributed by atoms with van der Waals surface area (Å²) in [5, 5.41) is 0. The van der Waals surface area contributed by atoms with E-state index in [-0.39, 0.29) is 12.0 Å². The number of anilines is 1. The van der Waals surface area contributed by atoms with Crippen LogP contribution in [0.1, 0.15) is 32.5 Å². The van der Waals surface area contributed by atoms with Gasteiger partial charge in [0.25, 0.3) is 5.88 Å². The number of nitrogens with one attached hydrogen (secondary N) is 1. The van der Waals surface area contributed by atoms with Crippen LogP contribution in [0, 0.1) is 0 Å². The number of carbonyl (C=O) groups excluding carboxylic acids is 1. The molecule has 1 aliphatic rings. The van der Waals surface area contributed by atoms with Crippen LogP contribution >= 0.6 is 0 Å². The molecule has 158 valence electrons. The van der Waals surface area contributed by atoms with Gasteiger partial charge in [0.05, 0.1) is 17.6 Å². The monoisotopic (exact) mass is 408 g/mol. The summed E-state index contributed by atoms with van der Waals surface area (Å²) in [7, 11) is 0. The van der Waals surface area contributed by atoms with Gasteiger partial charge in [-0.3, -0.25) is 4.79 Å². The van der Waals surface area contributed by atoms with Crippen LogP contribution in [0.15, 0.2) is 36.7 Å². The van der Waals surface area contributed by atoms with Crippen LogP contribution in [-0.2, 0) is 11.2 Å². The number of aromatic amines is 1. The molecular weight excluding hydrogens is 380 g/mol. The summed E-state index contributed by atoms with van der Waals surface area (Å²) in [5.74, 6) is 2.28. The molecule has 1 amide bonds. The number of amides is 1. The van der Waals surface area contributed by atoms with E-state index >= 15 is 0 Å². The number of carbonyl (C=O) groups is 1. The Balaban J connectivity index is 1.32.